The lowest BCUT2D eigenvalue weighted by Crippen LogP contribution is -2.66. The lowest BCUT2D eigenvalue weighted by Gasteiger charge is -2.65. The number of hydrogen-bond acceptors (Lipinski definition) is 5. The molecule has 0 aromatic carbocycles. The van der Waals surface area contributed by atoms with E-state index in [0.717, 1.165) is 32.1 Å². The zero-order chi connectivity index (χ0) is 18.5. The van der Waals surface area contributed by atoms with E-state index in [1.54, 1.807) is 0 Å². The van der Waals surface area contributed by atoms with Gasteiger partial charge in [0.05, 0.1) is 30.5 Å². The van der Waals surface area contributed by atoms with Gasteiger partial charge in [-0.05, 0) is 50.4 Å². The summed E-state index contributed by atoms with van der Waals surface area (Å²) >= 11 is 0. The summed E-state index contributed by atoms with van der Waals surface area (Å²) in [5.41, 5.74) is -1.66. The second-order valence-corrected chi connectivity index (χ2v) is 9.47. The summed E-state index contributed by atoms with van der Waals surface area (Å²) in [6, 6.07) is 0. The van der Waals surface area contributed by atoms with Crippen molar-refractivity contribution < 1.29 is 25.2 Å². The average Bonchev–Trinajstić information content (AvgIpc) is 2.99. The van der Waals surface area contributed by atoms with Gasteiger partial charge in [-0.2, -0.15) is 0 Å². The van der Waals surface area contributed by atoms with Crippen LogP contribution >= 0.6 is 0 Å². The molecule has 1 saturated heterocycles. The maximum atomic E-state index is 10.6. The predicted octanol–water partition coefficient (Wildman–Crippen LogP) is 1.85. The van der Waals surface area contributed by atoms with Crippen molar-refractivity contribution in [2.45, 2.75) is 83.0 Å². The van der Waals surface area contributed by atoms with Crippen LogP contribution in [0.15, 0.2) is 0 Å². The molecular formula is C20H36O5. The van der Waals surface area contributed by atoms with E-state index in [1.165, 1.54) is 0 Å². The highest BCUT2D eigenvalue weighted by atomic mass is 16.5. The predicted molar refractivity (Wildman–Crippen MR) is 95.0 cm³/mol. The Balaban J connectivity index is 2.02. The normalized spacial score (nSPS) is 53.2. The second kappa shape index (κ2) is 6.45. The Bertz CT molecular complexity index is 498. The molecule has 4 N–H and O–H groups in total. The number of hydrogen-bond donors (Lipinski definition) is 4. The van der Waals surface area contributed by atoms with Gasteiger partial charge in [0, 0.05) is 23.9 Å². The van der Waals surface area contributed by atoms with Gasteiger partial charge in [0.25, 0.3) is 0 Å². The van der Waals surface area contributed by atoms with Crippen LogP contribution in [0.2, 0.25) is 0 Å². The maximum Gasteiger partial charge on any atom is 0.0942 e. The van der Waals surface area contributed by atoms with Gasteiger partial charge in [0.15, 0.2) is 0 Å². The van der Waals surface area contributed by atoms with Crippen LogP contribution < -0.4 is 0 Å². The van der Waals surface area contributed by atoms with Crippen molar-refractivity contribution in [3.8, 4) is 0 Å². The van der Waals surface area contributed by atoms with Crippen molar-refractivity contribution in [3.63, 3.8) is 0 Å². The van der Waals surface area contributed by atoms with Crippen molar-refractivity contribution in [1.29, 1.82) is 0 Å². The molecule has 3 aliphatic rings. The smallest absolute Gasteiger partial charge is 0.0942 e. The van der Waals surface area contributed by atoms with Crippen molar-refractivity contribution in [1.82, 2.24) is 0 Å². The van der Waals surface area contributed by atoms with Gasteiger partial charge in [0.2, 0.25) is 0 Å². The monoisotopic (exact) mass is 356 g/mol. The molecule has 0 radical (unpaired) electrons. The van der Waals surface area contributed by atoms with E-state index in [1.807, 2.05) is 6.92 Å². The van der Waals surface area contributed by atoms with Crippen molar-refractivity contribution in [2.75, 3.05) is 19.8 Å². The van der Waals surface area contributed by atoms with Crippen molar-refractivity contribution in [2.24, 2.45) is 22.7 Å². The topological polar surface area (TPSA) is 90.2 Å². The zero-order valence-corrected chi connectivity index (χ0v) is 16.0. The number of aliphatic hydroxyl groups excluding tert-OH is 4. The third kappa shape index (κ3) is 2.53. The molecule has 0 aromatic rings. The van der Waals surface area contributed by atoms with Crippen LogP contribution in [0.4, 0.5) is 0 Å². The summed E-state index contributed by atoms with van der Waals surface area (Å²) in [4.78, 5) is 0. The first kappa shape index (κ1) is 19.6. The number of aliphatic hydroxyl groups is 4. The number of ether oxygens (including phenoxy) is 1. The highest BCUT2D eigenvalue weighted by Crippen LogP contribution is 2.67. The van der Waals surface area contributed by atoms with E-state index in [0.29, 0.717) is 18.8 Å². The van der Waals surface area contributed by atoms with Crippen LogP contribution in [0.3, 0.4) is 0 Å². The highest BCUT2D eigenvalue weighted by molar-refractivity contribution is 5.17. The quantitative estimate of drug-likeness (QED) is 0.617. The molecule has 25 heavy (non-hydrogen) atoms. The fraction of sp³-hybridized carbons (Fsp3) is 1.00. The molecular weight excluding hydrogens is 320 g/mol. The Labute approximate surface area is 151 Å². The minimum Gasteiger partial charge on any atom is -0.396 e. The van der Waals surface area contributed by atoms with Crippen LogP contribution in [0.5, 0.6) is 0 Å². The summed E-state index contributed by atoms with van der Waals surface area (Å²) in [5.74, 6) is 0.549. The van der Waals surface area contributed by atoms with E-state index >= 15 is 0 Å². The molecule has 7 atom stereocenters. The van der Waals surface area contributed by atoms with Gasteiger partial charge in [-0.1, -0.05) is 20.8 Å². The third-order valence-electron chi connectivity index (χ3n) is 8.46. The van der Waals surface area contributed by atoms with Gasteiger partial charge >= 0.3 is 0 Å². The molecule has 3 fully saturated rings. The van der Waals surface area contributed by atoms with E-state index < -0.39 is 17.1 Å². The molecule has 0 aromatic heterocycles. The minimum absolute atomic E-state index is 0.0121. The van der Waals surface area contributed by atoms with E-state index in [-0.39, 0.29) is 36.8 Å². The lowest BCUT2D eigenvalue weighted by molar-refractivity contribution is -0.272. The van der Waals surface area contributed by atoms with E-state index in [4.69, 9.17) is 4.74 Å². The minimum atomic E-state index is -0.653. The summed E-state index contributed by atoms with van der Waals surface area (Å²) < 4.78 is 6.75. The lowest BCUT2D eigenvalue weighted by atomic mass is 9.43. The first-order valence-electron chi connectivity index (χ1n) is 9.94. The standard InChI is InChI=1S/C20H36O5/c1-14-4-5-15-17(2,12-22)16(24)6-7-18(15,3)20(14)9-8-19(13-23,25-20)10-11-21/h14-16,21-24H,4-13H2,1-3H3/t14-,15-,16-,17-,18-,19-,20+/m0/s1. The fourth-order valence-electron chi connectivity index (χ4n) is 6.70. The van der Waals surface area contributed by atoms with Crippen LogP contribution in [0, 0.1) is 22.7 Å². The molecule has 2 aliphatic carbocycles. The Kier molecular flexibility index (Phi) is 5.05. The van der Waals surface area contributed by atoms with Crippen molar-refractivity contribution in [3.05, 3.63) is 0 Å². The van der Waals surface area contributed by atoms with Crippen LogP contribution in [0.1, 0.15) is 65.7 Å². The van der Waals surface area contributed by atoms with E-state index in [9.17, 15) is 20.4 Å². The Morgan fingerprint density at radius 2 is 1.68 bits per heavy atom. The van der Waals surface area contributed by atoms with Gasteiger partial charge in [-0.3, -0.25) is 0 Å². The fourth-order valence-corrected chi connectivity index (χ4v) is 6.70. The van der Waals surface area contributed by atoms with Gasteiger partial charge in [-0.25, -0.2) is 0 Å². The summed E-state index contributed by atoms with van der Waals surface area (Å²) in [5, 5.41) is 40.2. The maximum absolute atomic E-state index is 10.6. The number of fused-ring (bicyclic) bond motifs is 2. The summed E-state index contributed by atoms with van der Waals surface area (Å²) in [7, 11) is 0. The third-order valence-corrected chi connectivity index (χ3v) is 8.46. The van der Waals surface area contributed by atoms with Gasteiger partial charge in [0.1, 0.15) is 0 Å². The molecule has 3 rings (SSSR count). The highest BCUT2D eigenvalue weighted by Gasteiger charge is 2.68. The average molecular weight is 357 g/mol. The Hall–Kier alpha value is -0.200. The molecule has 0 unspecified atom stereocenters. The molecule has 1 aliphatic heterocycles. The number of rotatable bonds is 4. The Morgan fingerprint density at radius 3 is 2.28 bits per heavy atom. The van der Waals surface area contributed by atoms with Gasteiger partial charge in [-0.15, -0.1) is 0 Å². The zero-order valence-electron chi connectivity index (χ0n) is 16.0. The first-order chi connectivity index (χ1) is 11.7. The van der Waals surface area contributed by atoms with Crippen molar-refractivity contribution >= 4 is 0 Å². The Morgan fingerprint density at radius 1 is 0.960 bits per heavy atom. The summed E-state index contributed by atoms with van der Waals surface area (Å²) in [6.07, 6.45) is 5.15. The molecule has 0 bridgehead atoms. The van der Waals surface area contributed by atoms with Crippen LogP contribution in [-0.4, -0.2) is 57.6 Å². The second-order valence-electron chi connectivity index (χ2n) is 9.47. The molecule has 5 nitrogen and oxygen atoms in total. The van der Waals surface area contributed by atoms with Crippen LogP contribution in [-0.2, 0) is 4.74 Å². The van der Waals surface area contributed by atoms with E-state index in [2.05, 4.69) is 13.8 Å². The first-order valence-corrected chi connectivity index (χ1v) is 9.94. The SMILES string of the molecule is C[C@H]1CC[C@H]2[C@](C)(CO)[C@@H](O)CC[C@]2(C)[C@@]12CC[C@@](CO)(CCO)O2. The van der Waals surface area contributed by atoms with Gasteiger partial charge < -0.3 is 25.2 Å². The molecule has 1 heterocycles. The molecule has 1 spiro atoms. The molecule has 2 saturated carbocycles. The van der Waals surface area contributed by atoms with Crippen LogP contribution in [0.25, 0.3) is 0 Å². The molecule has 0 amide bonds. The molecule has 146 valence electrons. The summed E-state index contributed by atoms with van der Waals surface area (Å²) in [6.45, 7) is 6.47. The molecule has 5 heteroatoms. The largest absolute Gasteiger partial charge is 0.396 e.